The minimum Gasteiger partial charge on any atom is -0.496 e. The number of hydrogen-bond acceptors (Lipinski definition) is 6. The second kappa shape index (κ2) is 8.82. The van der Waals surface area contributed by atoms with Crippen molar-refractivity contribution in [2.24, 2.45) is 0 Å². The summed E-state index contributed by atoms with van der Waals surface area (Å²) in [6.07, 6.45) is 0.232. The maximum Gasteiger partial charge on any atom is 0.230 e. The topological polar surface area (TPSA) is 64.1 Å². The fourth-order valence-electron chi connectivity index (χ4n) is 2.33. The van der Waals surface area contributed by atoms with Crippen LogP contribution in [0.5, 0.6) is 5.75 Å². The van der Waals surface area contributed by atoms with E-state index in [1.165, 1.54) is 22.5 Å². The Labute approximate surface area is 160 Å². The van der Waals surface area contributed by atoms with Gasteiger partial charge >= 0.3 is 0 Å². The molecule has 0 atom stereocenters. The molecule has 0 aliphatic rings. The monoisotopic (exact) mass is 385 g/mol. The van der Waals surface area contributed by atoms with Gasteiger partial charge in [-0.1, -0.05) is 71.1 Å². The van der Waals surface area contributed by atoms with Gasteiger partial charge in [-0.25, -0.2) is 0 Å². The predicted octanol–water partition coefficient (Wildman–Crippen LogP) is 4.33. The number of aryl methyl sites for hydroxylation is 1. The Morgan fingerprint density at radius 2 is 1.92 bits per heavy atom. The molecule has 0 saturated carbocycles. The minimum atomic E-state index is -0.138. The second-order valence-corrected chi connectivity index (χ2v) is 7.88. The van der Waals surface area contributed by atoms with Gasteiger partial charge in [-0.2, -0.15) is 0 Å². The number of thioether (sulfide) groups is 1. The summed E-state index contributed by atoms with van der Waals surface area (Å²) in [6.45, 7) is 2.07. The number of carbonyl (C=O) groups is 1. The van der Waals surface area contributed by atoms with Crippen molar-refractivity contribution in [1.29, 1.82) is 0 Å². The predicted molar refractivity (Wildman–Crippen MR) is 106 cm³/mol. The van der Waals surface area contributed by atoms with Crippen LogP contribution in [0.1, 0.15) is 16.7 Å². The van der Waals surface area contributed by atoms with Crippen LogP contribution in [0.4, 0.5) is 5.13 Å². The molecule has 1 amide bonds. The number of anilines is 1. The molecule has 1 aromatic heterocycles. The molecule has 0 fully saturated rings. The van der Waals surface area contributed by atoms with Gasteiger partial charge in [0.2, 0.25) is 11.0 Å². The minimum absolute atomic E-state index is 0.138. The molecule has 2 aromatic carbocycles. The fraction of sp³-hybridized carbons (Fsp3) is 0.211. The highest BCUT2D eigenvalue weighted by atomic mass is 32.2. The summed E-state index contributed by atoms with van der Waals surface area (Å²) < 4.78 is 6.10. The third kappa shape index (κ3) is 5.06. The highest BCUT2D eigenvalue weighted by Crippen LogP contribution is 2.28. The molecule has 3 rings (SSSR count). The second-order valence-electron chi connectivity index (χ2n) is 5.68. The smallest absolute Gasteiger partial charge is 0.230 e. The molecule has 1 N–H and O–H groups in total. The summed E-state index contributed by atoms with van der Waals surface area (Å²) in [5.41, 5.74) is 3.32. The van der Waals surface area contributed by atoms with E-state index in [0.717, 1.165) is 15.7 Å². The van der Waals surface area contributed by atoms with Crippen LogP contribution in [-0.2, 0) is 17.0 Å². The quantitative estimate of drug-likeness (QED) is 0.484. The van der Waals surface area contributed by atoms with Gasteiger partial charge in [-0.3, -0.25) is 4.79 Å². The van der Waals surface area contributed by atoms with Crippen molar-refractivity contribution in [2.45, 2.75) is 23.4 Å². The zero-order valence-corrected chi connectivity index (χ0v) is 16.2. The summed E-state index contributed by atoms with van der Waals surface area (Å²) in [6, 6.07) is 15.9. The number of benzene rings is 2. The van der Waals surface area contributed by atoms with Crippen molar-refractivity contribution in [2.75, 3.05) is 12.4 Å². The van der Waals surface area contributed by atoms with E-state index >= 15 is 0 Å². The van der Waals surface area contributed by atoms with E-state index in [4.69, 9.17) is 4.74 Å². The zero-order chi connectivity index (χ0) is 18.4. The van der Waals surface area contributed by atoms with Gasteiger partial charge in [-0.15, -0.1) is 10.2 Å². The van der Waals surface area contributed by atoms with E-state index in [1.54, 1.807) is 18.9 Å². The molecular weight excluding hydrogens is 366 g/mol. The van der Waals surface area contributed by atoms with Gasteiger partial charge in [0.05, 0.1) is 13.5 Å². The average Bonchev–Trinajstić information content (AvgIpc) is 3.09. The summed E-state index contributed by atoms with van der Waals surface area (Å²) in [5.74, 6) is 1.39. The molecule has 0 aliphatic heterocycles. The van der Waals surface area contributed by atoms with Gasteiger partial charge in [0.15, 0.2) is 4.34 Å². The van der Waals surface area contributed by atoms with E-state index in [1.807, 2.05) is 24.3 Å². The maximum atomic E-state index is 12.2. The van der Waals surface area contributed by atoms with E-state index in [2.05, 4.69) is 46.7 Å². The van der Waals surface area contributed by atoms with Gasteiger partial charge in [0.1, 0.15) is 5.75 Å². The maximum absolute atomic E-state index is 12.2. The number of aromatic nitrogens is 2. The highest BCUT2D eigenvalue weighted by Gasteiger charge is 2.12. The zero-order valence-electron chi connectivity index (χ0n) is 14.6. The van der Waals surface area contributed by atoms with E-state index in [-0.39, 0.29) is 12.3 Å². The van der Waals surface area contributed by atoms with Crippen LogP contribution in [0.2, 0.25) is 0 Å². The molecule has 0 bridgehead atoms. The van der Waals surface area contributed by atoms with Gasteiger partial charge in [0.25, 0.3) is 0 Å². The van der Waals surface area contributed by atoms with E-state index < -0.39 is 0 Å². The summed E-state index contributed by atoms with van der Waals surface area (Å²) in [4.78, 5) is 12.2. The lowest BCUT2D eigenvalue weighted by atomic mass is 10.1. The Hall–Kier alpha value is -2.38. The van der Waals surface area contributed by atoms with Crippen LogP contribution in [0.25, 0.3) is 0 Å². The van der Waals surface area contributed by atoms with Gasteiger partial charge in [-0.05, 0) is 18.6 Å². The van der Waals surface area contributed by atoms with Crippen molar-refractivity contribution in [3.05, 3.63) is 65.2 Å². The van der Waals surface area contributed by atoms with Crippen LogP contribution in [0.15, 0.2) is 52.9 Å². The molecule has 0 unspecified atom stereocenters. The lowest BCUT2D eigenvalue weighted by molar-refractivity contribution is -0.115. The Bertz CT molecular complexity index is 879. The number of hydrogen-bond donors (Lipinski definition) is 1. The normalized spacial score (nSPS) is 10.5. The molecule has 0 radical (unpaired) electrons. The molecule has 26 heavy (non-hydrogen) atoms. The summed E-state index contributed by atoms with van der Waals surface area (Å²) in [7, 11) is 1.60. The van der Waals surface area contributed by atoms with Crippen LogP contribution in [-0.4, -0.2) is 23.2 Å². The third-order valence-electron chi connectivity index (χ3n) is 3.68. The van der Waals surface area contributed by atoms with Crippen molar-refractivity contribution in [3.63, 3.8) is 0 Å². The van der Waals surface area contributed by atoms with E-state index in [0.29, 0.717) is 10.9 Å². The molecule has 0 aliphatic carbocycles. The van der Waals surface area contributed by atoms with Crippen molar-refractivity contribution in [1.82, 2.24) is 10.2 Å². The van der Waals surface area contributed by atoms with Crippen LogP contribution in [0, 0.1) is 6.92 Å². The number of para-hydroxylation sites is 1. The molecule has 3 aromatic rings. The summed E-state index contributed by atoms with van der Waals surface area (Å²) >= 11 is 2.99. The Morgan fingerprint density at radius 1 is 1.15 bits per heavy atom. The summed E-state index contributed by atoms with van der Waals surface area (Å²) in [5, 5.41) is 11.5. The number of methoxy groups -OCH3 is 1. The first-order valence-corrected chi connectivity index (χ1v) is 9.88. The number of amides is 1. The Kier molecular flexibility index (Phi) is 6.25. The highest BCUT2D eigenvalue weighted by molar-refractivity contribution is 8.00. The largest absolute Gasteiger partial charge is 0.496 e. The van der Waals surface area contributed by atoms with Gasteiger partial charge < -0.3 is 10.1 Å². The fourth-order valence-corrected chi connectivity index (χ4v) is 4.06. The third-order valence-corrected chi connectivity index (χ3v) is 5.72. The Balaban J connectivity index is 1.54. The van der Waals surface area contributed by atoms with Crippen molar-refractivity contribution < 1.29 is 9.53 Å². The molecule has 0 saturated heterocycles. The first-order valence-electron chi connectivity index (χ1n) is 8.07. The number of rotatable bonds is 7. The standard InChI is InChI=1S/C19H19N3O2S2/c1-13-7-9-14(10-8-13)12-25-19-22-21-18(26-19)20-17(23)11-15-5-3-4-6-16(15)24-2/h3-10H,11-12H2,1-2H3,(H,20,21,23). The lowest BCUT2D eigenvalue weighted by Crippen LogP contribution is -2.14. The first kappa shape index (κ1) is 18.4. The molecule has 5 nitrogen and oxygen atoms in total. The number of nitrogens with one attached hydrogen (secondary N) is 1. The van der Waals surface area contributed by atoms with Crippen LogP contribution >= 0.6 is 23.1 Å². The van der Waals surface area contributed by atoms with Crippen molar-refractivity contribution >= 4 is 34.1 Å². The van der Waals surface area contributed by atoms with Crippen LogP contribution in [0.3, 0.4) is 0 Å². The SMILES string of the molecule is COc1ccccc1CC(=O)Nc1nnc(SCc2ccc(C)cc2)s1. The van der Waals surface area contributed by atoms with Crippen LogP contribution < -0.4 is 10.1 Å². The average molecular weight is 386 g/mol. The molecular formula is C19H19N3O2S2. The number of ether oxygens (including phenoxy) is 1. The number of nitrogens with zero attached hydrogens (tertiary/aromatic N) is 2. The molecule has 0 spiro atoms. The molecule has 1 heterocycles. The molecule has 134 valence electrons. The number of carbonyl (C=O) groups excluding carboxylic acids is 1. The van der Waals surface area contributed by atoms with Gasteiger partial charge in [0, 0.05) is 11.3 Å². The van der Waals surface area contributed by atoms with E-state index in [9.17, 15) is 4.79 Å². The molecule has 7 heteroatoms. The first-order chi connectivity index (χ1) is 12.6. The Morgan fingerprint density at radius 3 is 2.69 bits per heavy atom. The van der Waals surface area contributed by atoms with Crippen molar-refractivity contribution in [3.8, 4) is 5.75 Å². The lowest BCUT2D eigenvalue weighted by Gasteiger charge is -2.07.